The van der Waals surface area contributed by atoms with Gasteiger partial charge in [-0.25, -0.2) is 4.98 Å². The number of aromatic nitrogens is 2. The normalized spacial score (nSPS) is 10.5. The third-order valence-electron chi connectivity index (χ3n) is 2.94. The Labute approximate surface area is 124 Å². The maximum absolute atomic E-state index is 11.1. The van der Waals surface area contributed by atoms with E-state index in [-0.39, 0.29) is 16.7 Å². The number of fused-ring (bicyclic) bond motifs is 1. The zero-order valence-electron chi connectivity index (χ0n) is 10.7. The van der Waals surface area contributed by atoms with E-state index in [0.29, 0.717) is 5.69 Å². The average Bonchev–Trinajstić information content (AvgIpc) is 2.47. The first-order valence-corrected chi connectivity index (χ1v) is 6.44. The number of rotatable bonds is 3. The van der Waals surface area contributed by atoms with Gasteiger partial charge in [0.15, 0.2) is 0 Å². The maximum Gasteiger partial charge on any atom is 0.311 e. The molecule has 3 rings (SSSR count). The Morgan fingerprint density at radius 3 is 2.81 bits per heavy atom. The van der Waals surface area contributed by atoms with Crippen LogP contribution in [0.1, 0.15) is 0 Å². The summed E-state index contributed by atoms with van der Waals surface area (Å²) in [5.41, 5.74) is 1.32. The van der Waals surface area contributed by atoms with E-state index in [4.69, 9.17) is 11.6 Å². The van der Waals surface area contributed by atoms with E-state index >= 15 is 0 Å². The molecule has 0 unspecified atom stereocenters. The number of benzene rings is 1. The first-order chi connectivity index (χ1) is 10.1. The second-order valence-corrected chi connectivity index (χ2v) is 4.65. The minimum Gasteiger partial charge on any atom is -0.334 e. The fourth-order valence-electron chi connectivity index (χ4n) is 2.01. The fourth-order valence-corrected chi connectivity index (χ4v) is 2.15. The molecule has 0 saturated carbocycles. The lowest BCUT2D eigenvalue weighted by molar-refractivity contribution is -0.384. The predicted octanol–water partition coefficient (Wildman–Crippen LogP) is 3.94. The van der Waals surface area contributed by atoms with Gasteiger partial charge in [0.1, 0.15) is 5.15 Å². The van der Waals surface area contributed by atoms with Crippen molar-refractivity contribution in [1.29, 1.82) is 0 Å². The molecule has 2 aromatic heterocycles. The van der Waals surface area contributed by atoms with Crippen LogP contribution in [-0.2, 0) is 0 Å². The molecule has 0 bridgehead atoms. The summed E-state index contributed by atoms with van der Waals surface area (Å²) < 4.78 is 0. The average molecular weight is 301 g/mol. The molecule has 1 N–H and O–H groups in total. The molecule has 7 heteroatoms. The van der Waals surface area contributed by atoms with Gasteiger partial charge < -0.3 is 5.32 Å². The van der Waals surface area contributed by atoms with Gasteiger partial charge in [-0.15, -0.1) is 0 Å². The topological polar surface area (TPSA) is 81.0 Å². The van der Waals surface area contributed by atoms with E-state index in [1.54, 1.807) is 18.3 Å². The van der Waals surface area contributed by atoms with Crippen molar-refractivity contribution in [3.8, 4) is 0 Å². The molecule has 1 aromatic carbocycles. The Morgan fingerprint density at radius 2 is 2.00 bits per heavy atom. The lowest BCUT2D eigenvalue weighted by Crippen LogP contribution is -2.00. The maximum atomic E-state index is 11.1. The molecule has 0 atom stereocenters. The van der Waals surface area contributed by atoms with Crippen LogP contribution in [0.3, 0.4) is 0 Å². The largest absolute Gasteiger partial charge is 0.334 e. The molecule has 21 heavy (non-hydrogen) atoms. The van der Waals surface area contributed by atoms with Gasteiger partial charge in [-0.05, 0) is 30.3 Å². The van der Waals surface area contributed by atoms with E-state index < -0.39 is 4.92 Å². The Morgan fingerprint density at radius 1 is 1.14 bits per heavy atom. The van der Waals surface area contributed by atoms with E-state index in [2.05, 4.69) is 15.3 Å². The van der Waals surface area contributed by atoms with Crippen molar-refractivity contribution in [2.24, 2.45) is 0 Å². The van der Waals surface area contributed by atoms with E-state index in [0.717, 1.165) is 10.9 Å². The van der Waals surface area contributed by atoms with Crippen molar-refractivity contribution >= 4 is 39.7 Å². The summed E-state index contributed by atoms with van der Waals surface area (Å²) in [5.74, 6) is 0.101. The van der Waals surface area contributed by atoms with Crippen LogP contribution in [0.2, 0.25) is 5.15 Å². The van der Waals surface area contributed by atoms with E-state index in [1.807, 2.05) is 18.2 Å². The van der Waals surface area contributed by atoms with Gasteiger partial charge in [0.25, 0.3) is 0 Å². The van der Waals surface area contributed by atoms with Gasteiger partial charge in [0.2, 0.25) is 5.82 Å². The first-order valence-electron chi connectivity index (χ1n) is 6.07. The van der Waals surface area contributed by atoms with Crippen LogP contribution in [0.4, 0.5) is 17.2 Å². The second-order valence-electron chi connectivity index (χ2n) is 4.26. The number of hydrogen-bond donors (Lipinski definition) is 1. The number of hydrogen-bond acceptors (Lipinski definition) is 5. The summed E-state index contributed by atoms with van der Waals surface area (Å²) in [5, 5.41) is 15.0. The highest BCUT2D eigenvalue weighted by atomic mass is 35.5. The standard InChI is InChI=1S/C14H9ClN4O2/c15-13-7-6-12(19(20)21)14(18-13)17-11-5-1-4-10-9(11)3-2-8-16-10/h1-8H,(H,17,18). The second kappa shape index (κ2) is 5.34. The molecule has 0 fully saturated rings. The summed E-state index contributed by atoms with van der Waals surface area (Å²) in [6, 6.07) is 11.9. The third kappa shape index (κ3) is 2.61. The Bertz CT molecular complexity index is 833. The Hall–Kier alpha value is -2.73. The van der Waals surface area contributed by atoms with Crippen molar-refractivity contribution in [3.63, 3.8) is 0 Å². The summed E-state index contributed by atoms with van der Waals surface area (Å²) in [6.07, 6.45) is 1.69. The highest BCUT2D eigenvalue weighted by Gasteiger charge is 2.16. The van der Waals surface area contributed by atoms with Crippen LogP contribution in [0.15, 0.2) is 48.7 Å². The lowest BCUT2D eigenvalue weighted by Gasteiger charge is -2.09. The molecule has 2 heterocycles. The first kappa shape index (κ1) is 13.3. The minimum atomic E-state index is -0.505. The monoisotopic (exact) mass is 300 g/mol. The summed E-state index contributed by atoms with van der Waals surface area (Å²) in [4.78, 5) is 18.8. The SMILES string of the molecule is O=[N+]([O-])c1ccc(Cl)nc1Nc1cccc2ncccc12. The lowest BCUT2D eigenvalue weighted by atomic mass is 10.2. The molecule has 0 aliphatic carbocycles. The van der Waals surface area contributed by atoms with Crippen molar-refractivity contribution in [1.82, 2.24) is 9.97 Å². The van der Waals surface area contributed by atoms with Gasteiger partial charge in [0.05, 0.1) is 10.4 Å². The highest BCUT2D eigenvalue weighted by Crippen LogP contribution is 2.30. The number of nitrogens with one attached hydrogen (secondary N) is 1. The van der Waals surface area contributed by atoms with Gasteiger partial charge >= 0.3 is 5.69 Å². The van der Waals surface area contributed by atoms with Crippen molar-refractivity contribution in [2.45, 2.75) is 0 Å². The fraction of sp³-hybridized carbons (Fsp3) is 0. The molecule has 0 aliphatic heterocycles. The van der Waals surface area contributed by atoms with E-state index in [1.165, 1.54) is 12.1 Å². The quantitative estimate of drug-likeness (QED) is 0.450. The zero-order valence-corrected chi connectivity index (χ0v) is 11.4. The molecule has 3 aromatic rings. The number of halogens is 1. The Balaban J connectivity index is 2.11. The van der Waals surface area contributed by atoms with Crippen LogP contribution in [0.5, 0.6) is 0 Å². The number of anilines is 2. The molecule has 6 nitrogen and oxygen atoms in total. The summed E-state index contributed by atoms with van der Waals surface area (Å²) in [7, 11) is 0. The molecule has 0 radical (unpaired) electrons. The van der Waals surface area contributed by atoms with Gasteiger partial charge in [0, 0.05) is 23.3 Å². The number of nitro groups is 1. The molecule has 104 valence electrons. The van der Waals surface area contributed by atoms with Crippen LogP contribution in [-0.4, -0.2) is 14.9 Å². The van der Waals surface area contributed by atoms with Gasteiger partial charge in [-0.2, -0.15) is 0 Å². The predicted molar refractivity (Wildman–Crippen MR) is 80.9 cm³/mol. The van der Waals surface area contributed by atoms with Crippen LogP contribution >= 0.6 is 11.6 Å². The molecule has 0 amide bonds. The molecular formula is C14H9ClN4O2. The number of nitrogens with zero attached hydrogens (tertiary/aromatic N) is 3. The van der Waals surface area contributed by atoms with Crippen molar-refractivity contribution < 1.29 is 4.92 Å². The highest BCUT2D eigenvalue weighted by molar-refractivity contribution is 6.29. The van der Waals surface area contributed by atoms with Gasteiger partial charge in [-0.1, -0.05) is 17.7 Å². The van der Waals surface area contributed by atoms with E-state index in [9.17, 15) is 10.1 Å². The molecule has 0 aliphatic rings. The third-order valence-corrected chi connectivity index (χ3v) is 3.15. The summed E-state index contributed by atoms with van der Waals surface area (Å²) >= 11 is 5.82. The van der Waals surface area contributed by atoms with Gasteiger partial charge in [-0.3, -0.25) is 15.1 Å². The zero-order chi connectivity index (χ0) is 14.8. The number of pyridine rings is 2. The minimum absolute atomic E-state index is 0.101. The Kier molecular flexibility index (Phi) is 3.37. The summed E-state index contributed by atoms with van der Waals surface area (Å²) in [6.45, 7) is 0. The van der Waals surface area contributed by atoms with Crippen LogP contribution in [0, 0.1) is 10.1 Å². The van der Waals surface area contributed by atoms with Crippen molar-refractivity contribution in [3.05, 3.63) is 63.9 Å². The molecule has 0 saturated heterocycles. The molecular weight excluding hydrogens is 292 g/mol. The van der Waals surface area contributed by atoms with Crippen LogP contribution in [0.25, 0.3) is 10.9 Å². The smallest absolute Gasteiger partial charge is 0.311 e. The van der Waals surface area contributed by atoms with Crippen molar-refractivity contribution in [2.75, 3.05) is 5.32 Å². The van der Waals surface area contributed by atoms with Crippen LogP contribution < -0.4 is 5.32 Å². The molecule has 0 spiro atoms.